The number of carbonyl (C=O) groups excluding carboxylic acids is 2. The lowest BCUT2D eigenvalue weighted by atomic mass is 10.1. The number of ether oxygens (including phenoxy) is 1. The van der Waals surface area contributed by atoms with Crippen LogP contribution in [0.5, 0.6) is 0 Å². The van der Waals surface area contributed by atoms with Crippen LogP contribution >= 0.6 is 0 Å². The fraction of sp³-hybridized carbons (Fsp3) is 0.440. The Kier molecular flexibility index (Phi) is 7.99. The topological polar surface area (TPSA) is 97.4 Å². The van der Waals surface area contributed by atoms with Crippen LogP contribution in [0.4, 0.5) is 21.9 Å². The molecule has 3 amide bonds. The summed E-state index contributed by atoms with van der Waals surface area (Å²) in [5.74, 6) is -0.291. The highest BCUT2D eigenvalue weighted by Gasteiger charge is 2.36. The molecule has 9 nitrogen and oxygen atoms in total. The van der Waals surface area contributed by atoms with Crippen molar-refractivity contribution in [1.82, 2.24) is 9.80 Å². The van der Waals surface area contributed by atoms with Gasteiger partial charge in [0.2, 0.25) is 6.35 Å². The van der Waals surface area contributed by atoms with Crippen LogP contribution in [0.25, 0.3) is 0 Å². The predicted octanol–water partition coefficient (Wildman–Crippen LogP) is 3.00. The van der Waals surface area contributed by atoms with Crippen molar-refractivity contribution in [1.29, 1.82) is 0 Å². The Morgan fingerprint density at radius 1 is 0.971 bits per heavy atom. The third-order valence-electron chi connectivity index (χ3n) is 6.29. The van der Waals surface area contributed by atoms with Gasteiger partial charge in [0.25, 0.3) is 5.91 Å². The largest absolute Gasteiger partial charge is 0.383 e. The molecule has 2 aliphatic heterocycles. The van der Waals surface area contributed by atoms with Crippen LogP contribution in [0, 0.1) is 0 Å². The number of rotatable bonds is 8. The minimum absolute atomic E-state index is 0.266. The molecule has 0 saturated carbocycles. The van der Waals surface area contributed by atoms with Gasteiger partial charge in [-0.2, -0.15) is 0 Å². The van der Waals surface area contributed by atoms with Crippen LogP contribution < -0.4 is 15.5 Å². The molecule has 9 heteroatoms. The maximum absolute atomic E-state index is 13.3. The molecule has 2 aliphatic rings. The molecule has 0 aliphatic carbocycles. The van der Waals surface area contributed by atoms with Crippen molar-refractivity contribution in [3.8, 4) is 0 Å². The van der Waals surface area contributed by atoms with Gasteiger partial charge in [-0.25, -0.2) is 4.79 Å². The molecule has 1 saturated heterocycles. The first-order chi connectivity index (χ1) is 16.6. The molecule has 2 heterocycles. The van der Waals surface area contributed by atoms with E-state index in [-0.39, 0.29) is 12.5 Å². The average molecular weight is 468 g/mol. The molecule has 0 aromatic heterocycles. The number of hydrogen-bond acceptors (Lipinski definition) is 6. The maximum Gasteiger partial charge on any atom is 0.323 e. The van der Waals surface area contributed by atoms with Gasteiger partial charge < -0.3 is 30.3 Å². The number of piperidine rings is 1. The number of carbonyl (C=O) groups is 2. The van der Waals surface area contributed by atoms with Crippen LogP contribution in [0.15, 0.2) is 48.5 Å². The molecule has 1 unspecified atom stereocenters. The molecule has 34 heavy (non-hydrogen) atoms. The van der Waals surface area contributed by atoms with Crippen molar-refractivity contribution in [2.45, 2.75) is 25.6 Å². The summed E-state index contributed by atoms with van der Waals surface area (Å²) >= 11 is 0. The summed E-state index contributed by atoms with van der Waals surface area (Å²) in [4.78, 5) is 31.4. The second kappa shape index (κ2) is 11.3. The lowest BCUT2D eigenvalue weighted by Gasteiger charge is -2.43. The molecule has 3 N–H and O–H groups in total. The Morgan fingerprint density at radius 2 is 1.71 bits per heavy atom. The summed E-state index contributed by atoms with van der Waals surface area (Å²) in [7, 11) is 1.57. The number of anilines is 3. The van der Waals surface area contributed by atoms with E-state index in [1.807, 2.05) is 23.1 Å². The van der Waals surface area contributed by atoms with E-state index < -0.39 is 12.4 Å². The number of nitrogens with zero attached hydrogens (tertiary/aromatic N) is 3. The van der Waals surface area contributed by atoms with Crippen LogP contribution in [0.1, 0.15) is 29.6 Å². The van der Waals surface area contributed by atoms with E-state index in [4.69, 9.17) is 4.74 Å². The third kappa shape index (κ3) is 5.67. The van der Waals surface area contributed by atoms with Crippen LogP contribution in [0.2, 0.25) is 0 Å². The van der Waals surface area contributed by atoms with Crippen molar-refractivity contribution in [2.24, 2.45) is 0 Å². The molecular weight excluding hydrogens is 434 g/mol. The molecular formula is C25H33N5O4. The zero-order valence-electron chi connectivity index (χ0n) is 19.6. The Labute approximate surface area is 200 Å². The molecule has 1 atom stereocenters. The average Bonchev–Trinajstić information content (AvgIpc) is 2.85. The van der Waals surface area contributed by atoms with Crippen molar-refractivity contribution in [3.05, 3.63) is 54.1 Å². The Hall–Kier alpha value is -3.14. The first kappa shape index (κ1) is 24.0. The van der Waals surface area contributed by atoms with Gasteiger partial charge in [0.1, 0.15) is 0 Å². The van der Waals surface area contributed by atoms with Gasteiger partial charge in [0, 0.05) is 38.1 Å². The number of urea groups is 1. The van der Waals surface area contributed by atoms with Crippen molar-refractivity contribution in [2.75, 3.05) is 62.0 Å². The maximum atomic E-state index is 13.3. The third-order valence-corrected chi connectivity index (χ3v) is 6.29. The molecule has 0 spiro atoms. The van der Waals surface area contributed by atoms with Crippen LogP contribution in [-0.2, 0) is 4.74 Å². The van der Waals surface area contributed by atoms with Gasteiger partial charge in [0.05, 0.1) is 17.9 Å². The monoisotopic (exact) mass is 467 g/mol. The van der Waals surface area contributed by atoms with E-state index in [0.29, 0.717) is 35.8 Å². The summed E-state index contributed by atoms with van der Waals surface area (Å²) in [5, 5.41) is 16.6. The van der Waals surface area contributed by atoms with Gasteiger partial charge in [-0.05, 0) is 56.3 Å². The van der Waals surface area contributed by atoms with E-state index >= 15 is 0 Å². The second-order valence-corrected chi connectivity index (χ2v) is 8.61. The molecule has 2 aromatic rings. The standard InChI is InChI=1S/C25H33N5O4/c1-34-17-16-30-23(31)21-18-20(27-24(32)26-19-8-4-2-5-9-19)10-11-22(21)29(25(30)33)15-14-28-12-6-3-7-13-28/h2,4-5,8-11,18,25,33H,3,6-7,12-17H2,1H3,(H2,26,27,32). The number of likely N-dealkylation sites (tertiary alicyclic amines) is 1. The zero-order chi connectivity index (χ0) is 23.9. The number of nitrogens with one attached hydrogen (secondary N) is 2. The number of aliphatic hydroxyl groups excluding tert-OH is 1. The minimum Gasteiger partial charge on any atom is -0.383 e. The SMILES string of the molecule is COCCN1C(=O)c2cc(NC(=O)Nc3ccccc3)ccc2N(CCN2CCCCC2)C1O. The van der Waals surface area contributed by atoms with Gasteiger partial charge in [-0.15, -0.1) is 0 Å². The normalized spacial score (nSPS) is 18.5. The van der Waals surface area contributed by atoms with Gasteiger partial charge in [-0.3, -0.25) is 9.69 Å². The van der Waals surface area contributed by atoms with E-state index in [1.54, 1.807) is 37.4 Å². The highest BCUT2D eigenvalue weighted by molar-refractivity contribution is 6.05. The van der Waals surface area contributed by atoms with Crippen molar-refractivity contribution < 1.29 is 19.4 Å². The first-order valence-electron chi connectivity index (χ1n) is 11.8. The van der Waals surface area contributed by atoms with Gasteiger partial charge >= 0.3 is 6.03 Å². The Morgan fingerprint density at radius 3 is 2.44 bits per heavy atom. The number of methoxy groups -OCH3 is 1. The lowest BCUT2D eigenvalue weighted by Crippen LogP contribution is -2.57. The van der Waals surface area contributed by atoms with Crippen molar-refractivity contribution in [3.63, 3.8) is 0 Å². The fourth-order valence-electron chi connectivity index (χ4n) is 4.48. The summed E-state index contributed by atoms with van der Waals surface area (Å²) in [6, 6.07) is 14.0. The van der Waals surface area contributed by atoms with E-state index in [1.165, 1.54) is 24.2 Å². The minimum atomic E-state index is -1.07. The number of amides is 3. The van der Waals surface area contributed by atoms with Gasteiger partial charge in [0.15, 0.2) is 0 Å². The number of benzene rings is 2. The number of hydrogen-bond donors (Lipinski definition) is 3. The molecule has 182 valence electrons. The molecule has 0 bridgehead atoms. The summed E-state index contributed by atoms with van der Waals surface area (Å²) in [6.45, 7) is 4.09. The van der Waals surface area contributed by atoms with Crippen molar-refractivity contribution >= 4 is 29.0 Å². The van der Waals surface area contributed by atoms with Gasteiger partial charge in [-0.1, -0.05) is 24.6 Å². The van der Waals surface area contributed by atoms with Crippen LogP contribution in [0.3, 0.4) is 0 Å². The number of aliphatic hydroxyl groups is 1. The quantitative estimate of drug-likeness (QED) is 0.552. The fourth-order valence-corrected chi connectivity index (χ4v) is 4.48. The number of fused-ring (bicyclic) bond motifs is 1. The predicted molar refractivity (Wildman–Crippen MR) is 132 cm³/mol. The smallest absolute Gasteiger partial charge is 0.323 e. The first-order valence-corrected chi connectivity index (χ1v) is 11.8. The van der Waals surface area contributed by atoms with E-state index in [2.05, 4.69) is 15.5 Å². The highest BCUT2D eigenvalue weighted by Crippen LogP contribution is 2.32. The summed E-state index contributed by atoms with van der Waals surface area (Å²) in [6.07, 6.45) is 2.58. The molecule has 2 aromatic carbocycles. The highest BCUT2D eigenvalue weighted by atomic mass is 16.5. The zero-order valence-corrected chi connectivity index (χ0v) is 19.6. The molecule has 0 radical (unpaired) electrons. The summed E-state index contributed by atoms with van der Waals surface area (Å²) < 4.78 is 5.16. The van der Waals surface area contributed by atoms with E-state index in [9.17, 15) is 14.7 Å². The second-order valence-electron chi connectivity index (χ2n) is 8.61. The summed E-state index contributed by atoms with van der Waals surface area (Å²) in [5.41, 5.74) is 2.28. The van der Waals surface area contributed by atoms with Crippen LogP contribution in [-0.4, -0.2) is 79.6 Å². The lowest BCUT2D eigenvalue weighted by molar-refractivity contribution is -0.00839. The Bertz CT molecular complexity index is 981. The molecule has 1 fully saturated rings. The Balaban J connectivity index is 1.53. The molecule has 4 rings (SSSR count). The van der Waals surface area contributed by atoms with E-state index in [0.717, 1.165) is 19.6 Å². The number of para-hydroxylation sites is 1.